The molecule has 0 saturated carbocycles. The lowest BCUT2D eigenvalue weighted by molar-refractivity contribution is 0.585. The molecule has 1 heterocycles. The fraction of sp³-hybridized carbons (Fsp3) is 0.0833. The predicted molar refractivity (Wildman–Crippen MR) is 67.9 cm³/mol. The van der Waals surface area contributed by atoms with E-state index in [9.17, 15) is 8.78 Å². The molecule has 2 nitrogen and oxygen atoms in total. The van der Waals surface area contributed by atoms with Crippen molar-refractivity contribution in [2.24, 2.45) is 0 Å². The molecule has 0 atom stereocenters. The zero-order valence-electron chi connectivity index (χ0n) is 9.05. The van der Waals surface area contributed by atoms with Crippen LogP contribution in [0.25, 0.3) is 0 Å². The highest BCUT2D eigenvalue weighted by molar-refractivity contribution is 6.33. The summed E-state index contributed by atoms with van der Waals surface area (Å²) in [7, 11) is 0. The third-order valence-electron chi connectivity index (χ3n) is 2.32. The highest BCUT2D eigenvalue weighted by atomic mass is 35.5. The average molecular weight is 289 g/mol. The molecule has 0 aliphatic heterocycles. The minimum atomic E-state index is -0.745. The highest BCUT2D eigenvalue weighted by Gasteiger charge is 2.10. The smallest absolute Gasteiger partial charge is 0.150 e. The van der Waals surface area contributed by atoms with E-state index in [1.807, 2.05) is 0 Å². The number of rotatable bonds is 3. The second-order valence-corrected chi connectivity index (χ2v) is 4.38. The molecule has 6 heteroatoms. The van der Waals surface area contributed by atoms with Crippen LogP contribution in [-0.2, 0) is 6.54 Å². The van der Waals surface area contributed by atoms with Gasteiger partial charge in [0.15, 0.2) is 5.82 Å². The van der Waals surface area contributed by atoms with Crippen LogP contribution >= 0.6 is 23.2 Å². The number of pyridine rings is 1. The Balaban J connectivity index is 2.19. The van der Waals surface area contributed by atoms with Crippen LogP contribution in [0.1, 0.15) is 5.56 Å². The molecule has 94 valence electrons. The van der Waals surface area contributed by atoms with Crippen LogP contribution in [0.3, 0.4) is 0 Å². The Morgan fingerprint density at radius 2 is 1.94 bits per heavy atom. The predicted octanol–water partition coefficient (Wildman–Crippen LogP) is 4.28. The van der Waals surface area contributed by atoms with Gasteiger partial charge in [0.2, 0.25) is 0 Å². The lowest BCUT2D eigenvalue weighted by Gasteiger charge is -2.10. The van der Waals surface area contributed by atoms with E-state index in [2.05, 4.69) is 10.3 Å². The van der Waals surface area contributed by atoms with Gasteiger partial charge in [-0.05, 0) is 17.7 Å². The van der Waals surface area contributed by atoms with Crippen molar-refractivity contribution in [3.05, 3.63) is 57.8 Å². The Labute approximate surface area is 113 Å². The summed E-state index contributed by atoms with van der Waals surface area (Å²) in [4.78, 5) is 3.84. The molecule has 1 aromatic heterocycles. The molecule has 0 aliphatic carbocycles. The van der Waals surface area contributed by atoms with Gasteiger partial charge < -0.3 is 5.32 Å². The second kappa shape index (κ2) is 5.50. The Morgan fingerprint density at radius 3 is 2.61 bits per heavy atom. The van der Waals surface area contributed by atoms with Crippen LogP contribution in [0.4, 0.5) is 14.5 Å². The van der Waals surface area contributed by atoms with Gasteiger partial charge in [0.1, 0.15) is 5.82 Å². The Morgan fingerprint density at radius 1 is 1.17 bits per heavy atom. The van der Waals surface area contributed by atoms with Crippen molar-refractivity contribution < 1.29 is 8.78 Å². The van der Waals surface area contributed by atoms with Crippen molar-refractivity contribution in [2.75, 3.05) is 5.32 Å². The topological polar surface area (TPSA) is 24.9 Å². The Bertz CT molecular complexity index is 553. The van der Waals surface area contributed by atoms with Gasteiger partial charge in [-0.2, -0.15) is 0 Å². The van der Waals surface area contributed by atoms with Crippen LogP contribution in [0.2, 0.25) is 10.0 Å². The van der Waals surface area contributed by atoms with Crippen LogP contribution in [0.5, 0.6) is 0 Å². The molecule has 0 spiro atoms. The zero-order chi connectivity index (χ0) is 13.1. The first-order valence-electron chi connectivity index (χ1n) is 5.04. The van der Waals surface area contributed by atoms with Gasteiger partial charge >= 0.3 is 0 Å². The maximum atomic E-state index is 13.5. The Hall–Kier alpha value is -1.39. The summed E-state index contributed by atoms with van der Waals surface area (Å²) in [5.41, 5.74) is 0.789. The molecule has 0 radical (unpaired) electrons. The summed E-state index contributed by atoms with van der Waals surface area (Å²) >= 11 is 11.7. The fourth-order valence-corrected chi connectivity index (χ4v) is 1.89. The summed E-state index contributed by atoms with van der Waals surface area (Å²) in [6, 6.07) is 3.51. The monoisotopic (exact) mass is 288 g/mol. The van der Waals surface area contributed by atoms with Crippen molar-refractivity contribution in [1.29, 1.82) is 0 Å². The van der Waals surface area contributed by atoms with E-state index in [1.165, 1.54) is 6.20 Å². The number of hydrogen-bond donors (Lipinski definition) is 1. The minimum Gasteiger partial charge on any atom is -0.377 e. The number of benzene rings is 1. The van der Waals surface area contributed by atoms with Gasteiger partial charge in [-0.1, -0.05) is 23.2 Å². The molecule has 0 saturated heterocycles. The maximum absolute atomic E-state index is 13.5. The number of halogens is 4. The minimum absolute atomic E-state index is 0.0160. The molecular weight excluding hydrogens is 281 g/mol. The van der Waals surface area contributed by atoms with Crippen molar-refractivity contribution in [3.63, 3.8) is 0 Å². The Kier molecular flexibility index (Phi) is 3.99. The first kappa shape index (κ1) is 13.1. The molecule has 1 aromatic carbocycles. The zero-order valence-corrected chi connectivity index (χ0v) is 10.6. The molecule has 0 amide bonds. The van der Waals surface area contributed by atoms with E-state index in [-0.39, 0.29) is 17.3 Å². The van der Waals surface area contributed by atoms with Crippen LogP contribution in [0.15, 0.2) is 30.6 Å². The fourth-order valence-electron chi connectivity index (χ4n) is 1.44. The third-order valence-corrected chi connectivity index (χ3v) is 2.96. The highest BCUT2D eigenvalue weighted by Crippen LogP contribution is 2.27. The molecule has 0 bridgehead atoms. The van der Waals surface area contributed by atoms with Crippen molar-refractivity contribution in [3.8, 4) is 0 Å². The van der Waals surface area contributed by atoms with Crippen LogP contribution in [-0.4, -0.2) is 4.98 Å². The number of nitrogens with one attached hydrogen (secondary N) is 1. The second-order valence-electron chi connectivity index (χ2n) is 3.57. The average Bonchev–Trinajstić information content (AvgIpc) is 2.30. The van der Waals surface area contributed by atoms with E-state index in [0.717, 1.165) is 17.7 Å². The first-order valence-corrected chi connectivity index (χ1v) is 5.80. The van der Waals surface area contributed by atoms with Gasteiger partial charge in [0, 0.05) is 25.0 Å². The molecule has 0 fully saturated rings. The van der Waals surface area contributed by atoms with Crippen LogP contribution < -0.4 is 5.32 Å². The van der Waals surface area contributed by atoms with Gasteiger partial charge in [0.05, 0.1) is 15.7 Å². The van der Waals surface area contributed by atoms with E-state index >= 15 is 0 Å². The van der Waals surface area contributed by atoms with E-state index < -0.39 is 11.6 Å². The maximum Gasteiger partial charge on any atom is 0.150 e. The van der Waals surface area contributed by atoms with Gasteiger partial charge in [-0.25, -0.2) is 8.78 Å². The lowest BCUT2D eigenvalue weighted by atomic mass is 10.2. The van der Waals surface area contributed by atoms with E-state index in [1.54, 1.807) is 12.3 Å². The van der Waals surface area contributed by atoms with Crippen molar-refractivity contribution in [1.82, 2.24) is 4.98 Å². The lowest BCUT2D eigenvalue weighted by Crippen LogP contribution is -2.03. The third kappa shape index (κ3) is 2.89. The summed E-state index contributed by atoms with van der Waals surface area (Å²) in [6.07, 6.45) is 3.06. The summed E-state index contributed by atoms with van der Waals surface area (Å²) < 4.78 is 26.3. The van der Waals surface area contributed by atoms with Crippen LogP contribution in [0, 0.1) is 11.6 Å². The standard InChI is InChI=1S/C12H8Cl2F2N2/c13-9-3-8(15)4-11(16)12(9)18-5-7-1-2-17-6-10(7)14/h1-4,6,18H,5H2. The molecule has 18 heavy (non-hydrogen) atoms. The molecule has 2 rings (SSSR count). The van der Waals surface area contributed by atoms with Gasteiger partial charge in [-0.3, -0.25) is 4.98 Å². The molecule has 2 aromatic rings. The summed E-state index contributed by atoms with van der Waals surface area (Å²) in [5.74, 6) is -1.46. The number of aromatic nitrogens is 1. The largest absolute Gasteiger partial charge is 0.377 e. The molecule has 0 aliphatic rings. The number of nitrogens with zero attached hydrogens (tertiary/aromatic N) is 1. The molecule has 0 unspecified atom stereocenters. The summed E-state index contributed by atoms with van der Waals surface area (Å²) in [5, 5.41) is 3.23. The van der Waals surface area contributed by atoms with Crippen molar-refractivity contribution in [2.45, 2.75) is 6.54 Å². The quantitative estimate of drug-likeness (QED) is 0.912. The SMILES string of the molecule is Fc1cc(F)c(NCc2ccncc2Cl)c(Cl)c1. The van der Waals surface area contributed by atoms with Crippen molar-refractivity contribution >= 4 is 28.9 Å². The number of hydrogen-bond acceptors (Lipinski definition) is 2. The van der Waals surface area contributed by atoms with E-state index in [0.29, 0.717) is 5.02 Å². The number of anilines is 1. The first-order chi connectivity index (χ1) is 8.58. The van der Waals surface area contributed by atoms with Gasteiger partial charge in [-0.15, -0.1) is 0 Å². The van der Waals surface area contributed by atoms with E-state index in [4.69, 9.17) is 23.2 Å². The molecular formula is C12H8Cl2F2N2. The summed E-state index contributed by atoms with van der Waals surface area (Å²) in [6.45, 7) is 0.267. The molecule has 1 N–H and O–H groups in total. The normalized spacial score (nSPS) is 10.4. The van der Waals surface area contributed by atoms with Gasteiger partial charge in [0.25, 0.3) is 0 Å².